The molecule has 0 fully saturated rings. The van der Waals surface area contributed by atoms with Gasteiger partial charge in [0, 0.05) is 0 Å². The largest absolute Gasteiger partial charge is 0.496 e. The number of aryl methyl sites for hydroxylation is 1. The molecule has 4 nitrogen and oxygen atoms in total. The van der Waals surface area contributed by atoms with Crippen LogP contribution in [0.25, 0.3) is 0 Å². The van der Waals surface area contributed by atoms with E-state index in [0.717, 1.165) is 16.9 Å². The summed E-state index contributed by atoms with van der Waals surface area (Å²) in [5, 5.41) is 0. The Labute approximate surface area is 109 Å². The van der Waals surface area contributed by atoms with Gasteiger partial charge in [0.05, 0.1) is 26.5 Å². The van der Waals surface area contributed by atoms with Crippen molar-refractivity contribution in [2.75, 3.05) is 20.3 Å². The minimum atomic E-state index is -3.03. The predicted octanol–water partition coefficient (Wildman–Crippen LogP) is 3.77. The quantitative estimate of drug-likeness (QED) is 0.709. The third-order valence-corrected chi connectivity index (χ3v) is 4.54. The summed E-state index contributed by atoms with van der Waals surface area (Å²) in [6.45, 7) is 6.34. The molecule has 0 amide bonds. The lowest BCUT2D eigenvalue weighted by Crippen LogP contribution is -1.99. The molecule has 0 aliphatic rings. The van der Waals surface area contributed by atoms with Gasteiger partial charge in [0.2, 0.25) is 0 Å². The van der Waals surface area contributed by atoms with Crippen molar-refractivity contribution in [1.82, 2.24) is 0 Å². The highest BCUT2D eigenvalue weighted by molar-refractivity contribution is 7.53. The number of benzene rings is 1. The van der Waals surface area contributed by atoms with E-state index in [2.05, 4.69) is 0 Å². The smallest absolute Gasteiger partial charge is 0.335 e. The molecule has 1 aromatic rings. The highest BCUT2D eigenvalue weighted by Gasteiger charge is 2.24. The van der Waals surface area contributed by atoms with Crippen LogP contribution in [0.2, 0.25) is 0 Å². The fourth-order valence-corrected chi connectivity index (χ4v) is 3.47. The van der Waals surface area contributed by atoms with Crippen molar-refractivity contribution >= 4 is 7.60 Å². The summed E-state index contributed by atoms with van der Waals surface area (Å²) in [5.74, 6) is 0.821. The van der Waals surface area contributed by atoms with E-state index in [-0.39, 0.29) is 0 Å². The summed E-state index contributed by atoms with van der Waals surface area (Å²) < 4.78 is 28.1. The summed E-state index contributed by atoms with van der Waals surface area (Å²) in [5.41, 5.74) is 1.94. The minimum Gasteiger partial charge on any atom is -0.496 e. The molecule has 0 radical (unpaired) electrons. The fourth-order valence-electron chi connectivity index (χ4n) is 1.78. The normalized spacial score (nSPS) is 11.6. The first-order valence-corrected chi connectivity index (χ1v) is 7.79. The van der Waals surface area contributed by atoms with Gasteiger partial charge in [-0.15, -0.1) is 0 Å². The maximum absolute atomic E-state index is 12.4. The van der Waals surface area contributed by atoms with Crippen LogP contribution in [0.15, 0.2) is 18.2 Å². The topological polar surface area (TPSA) is 44.8 Å². The number of hydrogen-bond donors (Lipinski definition) is 0. The fraction of sp³-hybridized carbons (Fsp3) is 0.538. The Hall–Kier alpha value is -0.830. The van der Waals surface area contributed by atoms with Gasteiger partial charge in [0.15, 0.2) is 0 Å². The van der Waals surface area contributed by atoms with Crippen LogP contribution in [0.1, 0.15) is 25.0 Å². The van der Waals surface area contributed by atoms with E-state index in [4.69, 9.17) is 13.8 Å². The highest BCUT2D eigenvalue weighted by Crippen LogP contribution is 2.51. The van der Waals surface area contributed by atoms with E-state index in [9.17, 15) is 4.57 Å². The molecule has 18 heavy (non-hydrogen) atoms. The molecule has 1 aromatic carbocycles. The maximum atomic E-state index is 12.4. The molecular weight excluding hydrogens is 251 g/mol. The number of ether oxygens (including phenoxy) is 1. The van der Waals surface area contributed by atoms with Crippen molar-refractivity contribution in [3.8, 4) is 5.75 Å². The zero-order chi connectivity index (χ0) is 13.6. The van der Waals surface area contributed by atoms with E-state index in [1.807, 2.05) is 39.0 Å². The first kappa shape index (κ1) is 15.2. The van der Waals surface area contributed by atoms with Crippen LogP contribution in [0, 0.1) is 6.92 Å². The first-order valence-electron chi connectivity index (χ1n) is 6.06. The second-order valence-corrected chi connectivity index (χ2v) is 5.96. The third-order valence-electron chi connectivity index (χ3n) is 2.49. The van der Waals surface area contributed by atoms with E-state index in [0.29, 0.717) is 19.4 Å². The van der Waals surface area contributed by atoms with Crippen molar-refractivity contribution in [3.05, 3.63) is 29.3 Å². The summed E-state index contributed by atoms with van der Waals surface area (Å²) in [6, 6.07) is 5.70. The molecule has 0 heterocycles. The standard InChI is InChI=1S/C13H21O4P/c1-5-16-18(14,17-6-2)10-12-7-8-13(15-4)11(3)9-12/h7-9H,5-6,10H2,1-4H3. The van der Waals surface area contributed by atoms with Crippen LogP contribution >= 0.6 is 7.60 Å². The Bertz CT molecular complexity index is 421. The number of methoxy groups -OCH3 is 1. The van der Waals surface area contributed by atoms with E-state index >= 15 is 0 Å². The molecule has 0 aromatic heterocycles. The lowest BCUT2D eigenvalue weighted by molar-refractivity contribution is 0.219. The summed E-state index contributed by atoms with van der Waals surface area (Å²) >= 11 is 0. The van der Waals surface area contributed by atoms with Gasteiger partial charge in [-0.1, -0.05) is 12.1 Å². The van der Waals surface area contributed by atoms with Gasteiger partial charge >= 0.3 is 7.60 Å². The summed E-state index contributed by atoms with van der Waals surface area (Å²) in [7, 11) is -1.39. The van der Waals surface area contributed by atoms with Crippen LogP contribution in [0.4, 0.5) is 0 Å². The van der Waals surface area contributed by atoms with Crippen molar-refractivity contribution in [2.24, 2.45) is 0 Å². The molecule has 102 valence electrons. The molecule has 0 unspecified atom stereocenters. The molecule has 5 heteroatoms. The van der Waals surface area contributed by atoms with Gasteiger partial charge < -0.3 is 13.8 Å². The number of hydrogen-bond acceptors (Lipinski definition) is 4. The average molecular weight is 272 g/mol. The Kier molecular flexibility index (Phi) is 5.86. The van der Waals surface area contributed by atoms with Gasteiger partial charge in [0.1, 0.15) is 5.75 Å². The van der Waals surface area contributed by atoms with Crippen LogP contribution < -0.4 is 4.74 Å². The zero-order valence-electron chi connectivity index (χ0n) is 11.4. The van der Waals surface area contributed by atoms with Crippen molar-refractivity contribution < 1.29 is 18.3 Å². The molecule has 0 aliphatic heterocycles. The highest BCUT2D eigenvalue weighted by atomic mass is 31.2. The molecule has 0 saturated heterocycles. The molecule has 0 bridgehead atoms. The maximum Gasteiger partial charge on any atom is 0.335 e. The summed E-state index contributed by atoms with van der Waals surface area (Å²) in [4.78, 5) is 0. The Morgan fingerprint density at radius 1 is 1.17 bits per heavy atom. The van der Waals surface area contributed by atoms with Crippen molar-refractivity contribution in [2.45, 2.75) is 26.9 Å². The molecule has 0 spiro atoms. The average Bonchev–Trinajstić information content (AvgIpc) is 2.29. The van der Waals surface area contributed by atoms with Gasteiger partial charge in [0.25, 0.3) is 0 Å². The van der Waals surface area contributed by atoms with Gasteiger partial charge in [-0.25, -0.2) is 0 Å². The molecule has 0 atom stereocenters. The van der Waals surface area contributed by atoms with Gasteiger partial charge in [-0.05, 0) is 38.0 Å². The van der Waals surface area contributed by atoms with Crippen molar-refractivity contribution in [1.29, 1.82) is 0 Å². The van der Waals surface area contributed by atoms with Crippen molar-refractivity contribution in [3.63, 3.8) is 0 Å². The molecule has 0 aliphatic carbocycles. The van der Waals surface area contributed by atoms with Gasteiger partial charge in [-0.2, -0.15) is 0 Å². The zero-order valence-corrected chi connectivity index (χ0v) is 12.3. The third kappa shape index (κ3) is 4.13. The lowest BCUT2D eigenvalue weighted by atomic mass is 10.1. The predicted molar refractivity (Wildman–Crippen MR) is 72.3 cm³/mol. The van der Waals surface area contributed by atoms with E-state index in [1.54, 1.807) is 7.11 Å². The van der Waals surface area contributed by atoms with Crippen LogP contribution in [0.5, 0.6) is 5.75 Å². The molecule has 0 N–H and O–H groups in total. The van der Waals surface area contributed by atoms with Crippen LogP contribution in [-0.2, 0) is 19.8 Å². The Morgan fingerprint density at radius 2 is 1.78 bits per heavy atom. The first-order chi connectivity index (χ1) is 8.54. The van der Waals surface area contributed by atoms with E-state index < -0.39 is 7.60 Å². The second-order valence-electron chi connectivity index (χ2n) is 3.91. The Morgan fingerprint density at radius 3 is 2.22 bits per heavy atom. The SMILES string of the molecule is CCOP(=O)(Cc1ccc(OC)c(C)c1)OCC. The second kappa shape index (κ2) is 6.93. The summed E-state index contributed by atoms with van der Waals surface area (Å²) in [6.07, 6.45) is 0.291. The Balaban J connectivity index is 2.87. The minimum absolute atomic E-state index is 0.291. The number of rotatable bonds is 7. The van der Waals surface area contributed by atoms with Crippen LogP contribution in [0.3, 0.4) is 0 Å². The van der Waals surface area contributed by atoms with Gasteiger partial charge in [-0.3, -0.25) is 4.57 Å². The molecular formula is C13H21O4P. The molecule has 1 rings (SSSR count). The lowest BCUT2D eigenvalue weighted by Gasteiger charge is -2.17. The monoisotopic (exact) mass is 272 g/mol. The van der Waals surface area contributed by atoms with Crippen LogP contribution in [-0.4, -0.2) is 20.3 Å². The molecule has 0 saturated carbocycles. The van der Waals surface area contributed by atoms with E-state index in [1.165, 1.54) is 0 Å².